The van der Waals surface area contributed by atoms with Gasteiger partial charge >= 0.3 is 12.1 Å². The number of alkyl halides is 4. The van der Waals surface area contributed by atoms with Gasteiger partial charge in [0.25, 0.3) is 0 Å². The number of hydrogen-bond acceptors (Lipinski definition) is 3. The van der Waals surface area contributed by atoms with E-state index in [4.69, 9.17) is 10.00 Å². The molecule has 20 heavy (non-hydrogen) atoms. The average Bonchev–Trinajstić information content (AvgIpc) is 2.36. The summed E-state index contributed by atoms with van der Waals surface area (Å²) in [5, 5.41) is 9.13. The Balaban J connectivity index is 3.32. The van der Waals surface area contributed by atoms with E-state index in [1.165, 1.54) is 0 Å². The molecule has 0 aliphatic rings. The number of carbonyl (C=O) groups is 1. The van der Waals surface area contributed by atoms with Crippen molar-refractivity contribution in [1.82, 2.24) is 0 Å². The predicted octanol–water partition coefficient (Wildman–Crippen LogP) is 3.58. The van der Waals surface area contributed by atoms with Gasteiger partial charge in [0.05, 0.1) is 30.2 Å². The molecule has 0 bridgehead atoms. The second kappa shape index (κ2) is 6.75. The van der Waals surface area contributed by atoms with Gasteiger partial charge in [-0.3, -0.25) is 4.79 Å². The number of nitriles is 1. The first-order chi connectivity index (χ1) is 9.33. The van der Waals surface area contributed by atoms with Crippen LogP contribution in [0.4, 0.5) is 13.2 Å². The third-order valence-corrected chi connectivity index (χ3v) is 3.12. The molecule has 1 aromatic carbocycles. The second-order valence-electron chi connectivity index (χ2n) is 3.89. The summed E-state index contributed by atoms with van der Waals surface area (Å²) in [6, 6.07) is 3.39. The van der Waals surface area contributed by atoms with Crippen LogP contribution < -0.4 is 0 Å². The van der Waals surface area contributed by atoms with Crippen molar-refractivity contribution in [2.45, 2.75) is 24.9 Å². The van der Waals surface area contributed by atoms with Crippen molar-refractivity contribution < 1.29 is 22.7 Å². The van der Waals surface area contributed by atoms with Gasteiger partial charge in [-0.25, -0.2) is 0 Å². The summed E-state index contributed by atoms with van der Waals surface area (Å²) >= 11 is 3.12. The van der Waals surface area contributed by atoms with E-state index in [1.807, 2.05) is 0 Å². The molecule has 0 unspecified atom stereocenters. The van der Waals surface area contributed by atoms with Crippen molar-refractivity contribution in [2.24, 2.45) is 0 Å². The minimum Gasteiger partial charge on any atom is -0.466 e. The summed E-state index contributed by atoms with van der Waals surface area (Å²) in [4.78, 5) is 11.4. The molecule has 108 valence electrons. The Hall–Kier alpha value is -1.55. The minimum absolute atomic E-state index is 0.101. The molecule has 0 saturated heterocycles. The van der Waals surface area contributed by atoms with Crippen LogP contribution in [0.2, 0.25) is 0 Å². The van der Waals surface area contributed by atoms with Crippen molar-refractivity contribution in [2.75, 3.05) is 6.61 Å². The molecule has 0 aromatic heterocycles. The van der Waals surface area contributed by atoms with Gasteiger partial charge in [0.1, 0.15) is 0 Å². The molecule has 1 rings (SSSR count). The van der Waals surface area contributed by atoms with E-state index in [2.05, 4.69) is 15.9 Å². The maximum absolute atomic E-state index is 12.8. The first kappa shape index (κ1) is 16.5. The van der Waals surface area contributed by atoms with Crippen LogP contribution >= 0.6 is 15.9 Å². The highest BCUT2D eigenvalue weighted by Gasteiger charge is 2.32. The first-order valence-electron chi connectivity index (χ1n) is 5.68. The minimum atomic E-state index is -4.57. The lowest BCUT2D eigenvalue weighted by atomic mass is 9.97. The number of esters is 1. The molecule has 0 amide bonds. The maximum atomic E-state index is 12.8. The van der Waals surface area contributed by atoms with Crippen molar-refractivity contribution in [3.8, 4) is 6.07 Å². The number of benzene rings is 1. The lowest BCUT2D eigenvalue weighted by Crippen LogP contribution is -2.13. The summed E-state index contributed by atoms with van der Waals surface area (Å²) in [7, 11) is 0. The first-order valence-corrected chi connectivity index (χ1v) is 6.80. The van der Waals surface area contributed by atoms with Crippen LogP contribution in [0.5, 0.6) is 0 Å². The van der Waals surface area contributed by atoms with Crippen molar-refractivity contribution >= 4 is 21.9 Å². The van der Waals surface area contributed by atoms with E-state index in [-0.39, 0.29) is 29.5 Å². The molecule has 1 aromatic rings. The Morgan fingerprint density at radius 2 is 2.10 bits per heavy atom. The Kier molecular flexibility index (Phi) is 5.57. The fourth-order valence-corrected chi connectivity index (χ4v) is 2.34. The van der Waals surface area contributed by atoms with E-state index in [0.717, 1.165) is 12.1 Å². The van der Waals surface area contributed by atoms with Gasteiger partial charge in [0.2, 0.25) is 0 Å². The van der Waals surface area contributed by atoms with E-state index in [0.29, 0.717) is 5.56 Å². The van der Waals surface area contributed by atoms with Crippen LogP contribution in [0.3, 0.4) is 0 Å². The van der Waals surface area contributed by atoms with Gasteiger partial charge in [-0.2, -0.15) is 18.4 Å². The molecule has 0 fully saturated rings. The number of nitrogens with zero attached hydrogens (tertiary/aromatic N) is 1. The fraction of sp³-hybridized carbons (Fsp3) is 0.385. The molecule has 0 atom stereocenters. The Morgan fingerprint density at radius 1 is 1.45 bits per heavy atom. The quantitative estimate of drug-likeness (QED) is 0.616. The van der Waals surface area contributed by atoms with Gasteiger partial charge in [0, 0.05) is 5.33 Å². The summed E-state index contributed by atoms with van der Waals surface area (Å²) < 4.78 is 43.0. The SMILES string of the molecule is CCOC(=O)Cc1cc(C(F)(F)F)cc(C#N)c1CBr. The zero-order chi connectivity index (χ0) is 15.3. The smallest absolute Gasteiger partial charge is 0.416 e. The molecule has 0 aliphatic carbocycles. The highest BCUT2D eigenvalue weighted by atomic mass is 79.9. The largest absolute Gasteiger partial charge is 0.466 e. The molecule has 0 aliphatic heterocycles. The Labute approximate surface area is 122 Å². The highest BCUT2D eigenvalue weighted by molar-refractivity contribution is 9.08. The van der Waals surface area contributed by atoms with Gasteiger partial charge < -0.3 is 4.74 Å². The molecule has 0 radical (unpaired) electrons. The third kappa shape index (κ3) is 3.97. The fourth-order valence-electron chi connectivity index (χ4n) is 1.68. The zero-order valence-corrected chi connectivity index (χ0v) is 12.1. The average molecular weight is 350 g/mol. The number of ether oxygens (including phenoxy) is 1. The lowest BCUT2D eigenvalue weighted by Gasteiger charge is -2.14. The lowest BCUT2D eigenvalue weighted by molar-refractivity contribution is -0.142. The maximum Gasteiger partial charge on any atom is 0.416 e. The van der Waals surface area contributed by atoms with Crippen molar-refractivity contribution in [3.63, 3.8) is 0 Å². The second-order valence-corrected chi connectivity index (χ2v) is 4.45. The number of hydrogen-bond donors (Lipinski definition) is 0. The standard InChI is InChI=1S/C13H11BrF3NO2/c1-2-20-12(19)5-8-3-10(13(15,16)17)4-9(7-18)11(8)6-14/h3-4H,2,5-6H2,1H3. The normalized spacial score (nSPS) is 11.0. The Morgan fingerprint density at radius 3 is 2.55 bits per heavy atom. The van der Waals surface area contributed by atoms with E-state index in [9.17, 15) is 18.0 Å². The Bertz CT molecular complexity index is 550. The monoisotopic (exact) mass is 349 g/mol. The molecule has 3 nitrogen and oxygen atoms in total. The summed E-state index contributed by atoms with van der Waals surface area (Å²) in [6.07, 6.45) is -4.87. The van der Waals surface area contributed by atoms with E-state index < -0.39 is 17.7 Å². The molecule has 7 heteroatoms. The van der Waals surface area contributed by atoms with Crippen LogP contribution in [0.25, 0.3) is 0 Å². The zero-order valence-electron chi connectivity index (χ0n) is 10.6. The van der Waals surface area contributed by atoms with Crippen LogP contribution in [-0.4, -0.2) is 12.6 Å². The number of carbonyl (C=O) groups excluding carboxylic acids is 1. The van der Waals surface area contributed by atoms with Crippen LogP contribution in [0, 0.1) is 11.3 Å². The molecule has 0 N–H and O–H groups in total. The van der Waals surface area contributed by atoms with E-state index in [1.54, 1.807) is 13.0 Å². The molecule has 0 heterocycles. The predicted molar refractivity (Wildman–Crippen MR) is 69.1 cm³/mol. The van der Waals surface area contributed by atoms with Gasteiger partial charge in [-0.1, -0.05) is 15.9 Å². The van der Waals surface area contributed by atoms with Crippen LogP contribution in [0.1, 0.15) is 29.2 Å². The summed E-state index contributed by atoms with van der Waals surface area (Å²) in [5.41, 5.74) is -0.533. The number of halogens is 4. The molecule has 0 saturated carbocycles. The van der Waals surface area contributed by atoms with Gasteiger partial charge in [-0.05, 0) is 30.2 Å². The van der Waals surface area contributed by atoms with Gasteiger partial charge in [-0.15, -0.1) is 0 Å². The summed E-state index contributed by atoms with van der Waals surface area (Å²) in [6.45, 7) is 1.75. The molecular weight excluding hydrogens is 339 g/mol. The van der Waals surface area contributed by atoms with Crippen molar-refractivity contribution in [1.29, 1.82) is 5.26 Å². The molecular formula is C13H11BrF3NO2. The topological polar surface area (TPSA) is 50.1 Å². The summed E-state index contributed by atoms with van der Waals surface area (Å²) in [5.74, 6) is -0.627. The van der Waals surface area contributed by atoms with Crippen LogP contribution in [-0.2, 0) is 27.5 Å². The van der Waals surface area contributed by atoms with Gasteiger partial charge in [0.15, 0.2) is 0 Å². The number of rotatable bonds is 4. The third-order valence-electron chi connectivity index (χ3n) is 2.56. The van der Waals surface area contributed by atoms with Crippen molar-refractivity contribution in [3.05, 3.63) is 34.4 Å². The van der Waals surface area contributed by atoms with E-state index >= 15 is 0 Å². The molecule has 0 spiro atoms. The van der Waals surface area contributed by atoms with Crippen LogP contribution in [0.15, 0.2) is 12.1 Å². The highest BCUT2D eigenvalue weighted by Crippen LogP contribution is 2.33.